The lowest BCUT2D eigenvalue weighted by Gasteiger charge is -2.27. The Morgan fingerprint density at radius 2 is 1.97 bits per heavy atom. The van der Waals surface area contributed by atoms with Crippen molar-refractivity contribution in [1.82, 2.24) is 19.8 Å². The van der Waals surface area contributed by atoms with Gasteiger partial charge < -0.3 is 19.5 Å². The molecule has 1 N–H and O–H groups in total. The zero-order chi connectivity index (χ0) is 22.8. The fourth-order valence-corrected chi connectivity index (χ4v) is 4.66. The van der Waals surface area contributed by atoms with Crippen LogP contribution in [0.1, 0.15) is 41.7 Å². The van der Waals surface area contributed by atoms with Crippen molar-refractivity contribution >= 4 is 23.3 Å². The number of hydrogen-bond acceptors (Lipinski definition) is 4. The van der Waals surface area contributed by atoms with Gasteiger partial charge in [0.1, 0.15) is 12.4 Å². The Morgan fingerprint density at radius 3 is 2.66 bits per heavy atom. The van der Waals surface area contributed by atoms with E-state index in [4.69, 9.17) is 17.0 Å². The Morgan fingerprint density at radius 1 is 1.22 bits per heavy atom. The lowest BCUT2D eigenvalue weighted by atomic mass is 9.97. The lowest BCUT2D eigenvalue weighted by molar-refractivity contribution is -0.143. The van der Waals surface area contributed by atoms with Crippen molar-refractivity contribution in [2.45, 2.75) is 32.9 Å². The lowest BCUT2D eigenvalue weighted by Crippen LogP contribution is -2.35. The smallest absolute Gasteiger partial charge is 0.325 e. The van der Waals surface area contributed by atoms with Gasteiger partial charge in [0, 0.05) is 17.6 Å². The molecule has 1 fully saturated rings. The number of para-hydroxylation sites is 1. The predicted molar refractivity (Wildman–Crippen MR) is 124 cm³/mol. The first-order valence-corrected chi connectivity index (χ1v) is 10.9. The number of hydrogen-bond donors (Lipinski definition) is 1. The van der Waals surface area contributed by atoms with Crippen LogP contribution in [-0.4, -0.2) is 38.7 Å². The van der Waals surface area contributed by atoms with Gasteiger partial charge in [-0.25, -0.2) is 4.39 Å². The Balaban J connectivity index is 1.83. The summed E-state index contributed by atoms with van der Waals surface area (Å²) in [5.74, 6) is -0.656. The van der Waals surface area contributed by atoms with Crippen molar-refractivity contribution in [2.24, 2.45) is 0 Å². The van der Waals surface area contributed by atoms with Gasteiger partial charge in [0.2, 0.25) is 0 Å². The van der Waals surface area contributed by atoms with Crippen molar-refractivity contribution in [3.63, 3.8) is 0 Å². The number of aryl methyl sites for hydroxylation is 1. The molecule has 0 bridgehead atoms. The van der Waals surface area contributed by atoms with E-state index in [2.05, 4.69) is 10.3 Å². The molecule has 2 aromatic heterocycles. The third kappa shape index (κ3) is 3.98. The average Bonchev–Trinajstić information content (AvgIpc) is 3.25. The van der Waals surface area contributed by atoms with E-state index in [9.17, 15) is 9.18 Å². The highest BCUT2D eigenvalue weighted by Crippen LogP contribution is 2.41. The summed E-state index contributed by atoms with van der Waals surface area (Å²) in [4.78, 5) is 18.7. The van der Waals surface area contributed by atoms with Crippen LogP contribution in [0.15, 0.2) is 54.7 Å². The molecule has 0 aliphatic carbocycles. The molecule has 0 saturated carbocycles. The zero-order valence-electron chi connectivity index (χ0n) is 18.2. The molecule has 1 aliphatic heterocycles. The van der Waals surface area contributed by atoms with E-state index in [0.29, 0.717) is 17.4 Å². The van der Waals surface area contributed by atoms with Gasteiger partial charge in [-0.15, -0.1) is 0 Å². The molecule has 1 aromatic carbocycles. The summed E-state index contributed by atoms with van der Waals surface area (Å²) in [6.07, 6.45) is 1.73. The molecule has 3 aromatic rings. The quantitative estimate of drug-likeness (QED) is 0.448. The third-order valence-electron chi connectivity index (χ3n) is 5.68. The molecule has 2 unspecified atom stereocenters. The molecule has 1 saturated heterocycles. The molecule has 4 rings (SSSR count). The van der Waals surface area contributed by atoms with Crippen molar-refractivity contribution in [2.75, 3.05) is 13.2 Å². The van der Waals surface area contributed by atoms with Crippen LogP contribution in [0.4, 0.5) is 4.39 Å². The normalized spacial score (nSPS) is 18.0. The van der Waals surface area contributed by atoms with Crippen molar-refractivity contribution in [3.8, 4) is 5.69 Å². The Bertz CT molecular complexity index is 1150. The predicted octanol–water partition coefficient (Wildman–Crippen LogP) is 4.16. The highest BCUT2D eigenvalue weighted by Gasteiger charge is 2.42. The zero-order valence-corrected chi connectivity index (χ0v) is 19.0. The second-order valence-electron chi connectivity index (χ2n) is 7.67. The number of aromatic nitrogens is 2. The summed E-state index contributed by atoms with van der Waals surface area (Å²) in [5.41, 5.74) is 3.99. The van der Waals surface area contributed by atoms with E-state index >= 15 is 0 Å². The molecule has 2 atom stereocenters. The minimum absolute atomic E-state index is 0.0110. The molecular formula is C24H25FN4O2S. The van der Waals surface area contributed by atoms with E-state index < -0.39 is 0 Å². The first-order valence-electron chi connectivity index (χ1n) is 10.5. The van der Waals surface area contributed by atoms with E-state index in [0.717, 1.165) is 22.6 Å². The van der Waals surface area contributed by atoms with Gasteiger partial charge in [-0.3, -0.25) is 9.78 Å². The van der Waals surface area contributed by atoms with Gasteiger partial charge in [0.15, 0.2) is 5.11 Å². The first kappa shape index (κ1) is 22.0. The summed E-state index contributed by atoms with van der Waals surface area (Å²) < 4.78 is 21.7. The van der Waals surface area contributed by atoms with Gasteiger partial charge in [-0.2, -0.15) is 0 Å². The topological polar surface area (TPSA) is 59.4 Å². The Labute approximate surface area is 192 Å². The van der Waals surface area contributed by atoms with Crippen molar-refractivity contribution in [1.29, 1.82) is 0 Å². The van der Waals surface area contributed by atoms with Crippen LogP contribution in [-0.2, 0) is 9.53 Å². The minimum Gasteiger partial charge on any atom is -0.465 e. The minimum atomic E-state index is -0.355. The molecule has 0 spiro atoms. The number of carbonyl (C=O) groups excluding carboxylic acids is 1. The van der Waals surface area contributed by atoms with Gasteiger partial charge in [0.05, 0.1) is 30.1 Å². The second kappa shape index (κ2) is 9.08. The molecule has 166 valence electrons. The van der Waals surface area contributed by atoms with Gasteiger partial charge in [-0.05, 0) is 68.9 Å². The molecular weight excluding hydrogens is 427 g/mol. The van der Waals surface area contributed by atoms with E-state index in [1.54, 1.807) is 25.3 Å². The molecule has 0 radical (unpaired) electrons. The number of rotatable bonds is 6. The number of pyridine rings is 1. The maximum Gasteiger partial charge on any atom is 0.325 e. The monoisotopic (exact) mass is 452 g/mol. The number of thiocarbonyl (C=S) groups is 1. The number of benzene rings is 1. The fraction of sp³-hybridized carbons (Fsp3) is 0.292. The SMILES string of the molecule is CCOC(=O)CN1C(=S)NC(c2ccccn2)C1c1cc(C)n(-c2ccccc2F)c1C. The van der Waals surface area contributed by atoms with Crippen molar-refractivity contribution in [3.05, 3.63) is 83.2 Å². The van der Waals surface area contributed by atoms with Crippen LogP contribution in [0, 0.1) is 19.7 Å². The summed E-state index contributed by atoms with van der Waals surface area (Å²) in [6.45, 7) is 5.97. The molecule has 0 amide bonds. The van der Waals surface area contributed by atoms with Crippen LogP contribution >= 0.6 is 12.2 Å². The largest absolute Gasteiger partial charge is 0.465 e. The van der Waals surface area contributed by atoms with E-state index in [1.807, 2.05) is 53.6 Å². The Kier molecular flexibility index (Phi) is 6.23. The van der Waals surface area contributed by atoms with E-state index in [1.165, 1.54) is 6.07 Å². The maximum atomic E-state index is 14.6. The van der Waals surface area contributed by atoms with Crippen LogP contribution in [0.3, 0.4) is 0 Å². The Hall–Kier alpha value is -3.26. The summed E-state index contributed by atoms with van der Waals surface area (Å²) in [5, 5.41) is 3.78. The molecule has 32 heavy (non-hydrogen) atoms. The summed E-state index contributed by atoms with van der Waals surface area (Å²) in [6, 6.07) is 13.8. The van der Waals surface area contributed by atoms with Crippen LogP contribution in [0.2, 0.25) is 0 Å². The highest BCUT2D eigenvalue weighted by molar-refractivity contribution is 7.80. The highest BCUT2D eigenvalue weighted by atomic mass is 32.1. The average molecular weight is 453 g/mol. The van der Waals surface area contributed by atoms with Gasteiger partial charge in [-0.1, -0.05) is 18.2 Å². The van der Waals surface area contributed by atoms with Crippen LogP contribution < -0.4 is 5.32 Å². The van der Waals surface area contributed by atoms with Gasteiger partial charge >= 0.3 is 5.97 Å². The number of nitrogens with zero attached hydrogens (tertiary/aromatic N) is 3. The van der Waals surface area contributed by atoms with Crippen LogP contribution in [0.5, 0.6) is 0 Å². The number of nitrogens with one attached hydrogen (secondary N) is 1. The number of carbonyl (C=O) groups is 1. The fourth-order valence-electron chi connectivity index (χ4n) is 4.35. The summed E-state index contributed by atoms with van der Waals surface area (Å²) in [7, 11) is 0. The first-order chi connectivity index (χ1) is 15.4. The van der Waals surface area contributed by atoms with Crippen LogP contribution in [0.25, 0.3) is 5.69 Å². The van der Waals surface area contributed by atoms with E-state index in [-0.39, 0.29) is 30.4 Å². The number of esters is 1. The second-order valence-corrected chi connectivity index (χ2v) is 8.06. The third-order valence-corrected chi connectivity index (χ3v) is 6.04. The molecule has 1 aliphatic rings. The molecule has 8 heteroatoms. The molecule has 3 heterocycles. The maximum absolute atomic E-state index is 14.6. The molecule has 6 nitrogen and oxygen atoms in total. The summed E-state index contributed by atoms with van der Waals surface area (Å²) >= 11 is 5.61. The van der Waals surface area contributed by atoms with Gasteiger partial charge in [0.25, 0.3) is 0 Å². The number of ether oxygens (including phenoxy) is 1. The van der Waals surface area contributed by atoms with Crippen molar-refractivity contribution < 1.29 is 13.9 Å². The standard InChI is InChI=1S/C24H25FN4O2S/c1-4-31-21(30)14-28-23(22(27-24(28)32)19-10-7-8-12-26-19)17-13-15(2)29(16(17)3)20-11-6-5-9-18(20)25/h5-13,22-23H,4,14H2,1-3H3,(H,27,32). The number of halogens is 1.